The monoisotopic (exact) mass is 519 g/mol. The van der Waals surface area contributed by atoms with Crippen molar-refractivity contribution in [3.63, 3.8) is 0 Å². The third-order valence-corrected chi connectivity index (χ3v) is 5.86. The average molecular weight is 520 g/mol. The highest BCUT2D eigenvalue weighted by Gasteiger charge is 2.05. The van der Waals surface area contributed by atoms with Crippen molar-refractivity contribution in [1.82, 2.24) is 4.98 Å². The van der Waals surface area contributed by atoms with Gasteiger partial charge in [-0.15, -0.1) is 0 Å². The fourth-order valence-corrected chi connectivity index (χ4v) is 4.18. The van der Waals surface area contributed by atoms with Gasteiger partial charge in [0.25, 0.3) is 0 Å². The summed E-state index contributed by atoms with van der Waals surface area (Å²) in [7, 11) is 2.91. The van der Waals surface area contributed by atoms with Crippen LogP contribution >= 0.6 is 22.4 Å². The highest BCUT2D eigenvalue weighted by atomic mass is 32.1. The van der Waals surface area contributed by atoms with E-state index in [1.165, 1.54) is 56.2 Å². The molecule has 1 N–H and O–H groups in total. The molecule has 0 aliphatic carbocycles. The van der Waals surface area contributed by atoms with Crippen LogP contribution in [0.25, 0.3) is 23.1 Å². The summed E-state index contributed by atoms with van der Waals surface area (Å²) >= 11 is 3.29. The fraction of sp³-hybridized carbons (Fsp3) is 0.258. The lowest BCUT2D eigenvalue weighted by atomic mass is 9.93. The number of hydrogen-bond donors (Lipinski definition) is 2. The van der Waals surface area contributed by atoms with Gasteiger partial charge in [0.1, 0.15) is 0 Å². The number of thiol groups is 1. The van der Waals surface area contributed by atoms with Gasteiger partial charge < -0.3 is 9.08 Å². The van der Waals surface area contributed by atoms with E-state index >= 15 is 0 Å². The Morgan fingerprint density at radius 2 is 1.64 bits per heavy atom. The minimum absolute atomic E-state index is 0.581. The Labute approximate surface area is 224 Å². The van der Waals surface area contributed by atoms with Gasteiger partial charge in [-0.25, -0.2) is 4.98 Å². The number of aromatic nitrogens is 1. The molecule has 1 atom stereocenters. The van der Waals surface area contributed by atoms with Crippen molar-refractivity contribution < 1.29 is 9.08 Å². The van der Waals surface area contributed by atoms with Gasteiger partial charge in [0, 0.05) is 12.5 Å². The summed E-state index contributed by atoms with van der Waals surface area (Å²) in [6, 6.07) is 28.4. The molecule has 4 aromatic rings. The minimum Gasteiger partial charge on any atom is -0.380 e. The van der Waals surface area contributed by atoms with Crippen molar-refractivity contribution in [2.75, 3.05) is 7.11 Å². The van der Waals surface area contributed by atoms with E-state index in [1.54, 1.807) is 0 Å². The van der Waals surface area contributed by atoms with Crippen molar-refractivity contribution in [3.05, 3.63) is 112 Å². The molecular formula is C31H38NO2PS. The zero-order valence-corrected chi connectivity index (χ0v) is 23.7. The zero-order valence-electron chi connectivity index (χ0n) is 21.7. The second-order valence-corrected chi connectivity index (χ2v) is 9.27. The van der Waals surface area contributed by atoms with Crippen LogP contribution in [0.15, 0.2) is 78.9 Å². The van der Waals surface area contributed by atoms with Gasteiger partial charge in [-0.3, -0.25) is 0 Å². The Hall–Kier alpha value is -2.49. The molecule has 36 heavy (non-hydrogen) atoms. The average Bonchev–Trinajstić information content (AvgIpc) is 2.89. The van der Waals surface area contributed by atoms with Crippen molar-refractivity contribution in [2.24, 2.45) is 0 Å². The Bertz CT molecular complexity index is 1240. The highest BCUT2D eigenvalue weighted by molar-refractivity contribution is 7.75. The minimum atomic E-state index is 0.581. The van der Waals surface area contributed by atoms with E-state index in [0.717, 1.165) is 24.1 Å². The summed E-state index contributed by atoms with van der Waals surface area (Å²) in [6.07, 6.45) is 7.68. The van der Waals surface area contributed by atoms with E-state index in [9.17, 15) is 0 Å². The second kappa shape index (κ2) is 16.3. The van der Waals surface area contributed by atoms with Crippen LogP contribution in [0.2, 0.25) is 0 Å². The Morgan fingerprint density at radius 1 is 0.917 bits per heavy atom. The summed E-state index contributed by atoms with van der Waals surface area (Å²) in [4.78, 5) is 11.7. The molecule has 0 radical (unpaired) electrons. The molecule has 0 aliphatic heterocycles. The van der Waals surface area contributed by atoms with Gasteiger partial charge in [-0.2, -0.15) is 0 Å². The molecule has 0 bridgehead atoms. The van der Waals surface area contributed by atoms with Crippen LogP contribution < -0.4 is 0 Å². The lowest BCUT2D eigenvalue weighted by molar-refractivity contribution is 0.500. The van der Waals surface area contributed by atoms with Crippen molar-refractivity contribution in [2.45, 2.75) is 46.0 Å². The first-order chi connectivity index (χ1) is 17.5. The first kappa shape index (κ1) is 29.7. The smallest absolute Gasteiger partial charge is 0.0711 e. The van der Waals surface area contributed by atoms with Gasteiger partial charge in [-0.1, -0.05) is 86.7 Å². The summed E-state index contributed by atoms with van der Waals surface area (Å²) in [5.74, 6) is 0.581. The molecule has 0 amide bonds. The lowest BCUT2D eigenvalue weighted by Crippen LogP contribution is -1.97. The van der Waals surface area contributed by atoms with E-state index in [-0.39, 0.29) is 0 Å². The highest BCUT2D eigenvalue weighted by Crippen LogP contribution is 2.21. The molecule has 3 aromatic carbocycles. The number of benzene rings is 3. The molecule has 0 saturated heterocycles. The first-order valence-corrected chi connectivity index (χ1v) is 13.0. The summed E-state index contributed by atoms with van der Waals surface area (Å²) in [5.41, 5.74) is 8.89. The quantitative estimate of drug-likeness (QED) is 0.147. The van der Waals surface area contributed by atoms with Crippen LogP contribution in [0.1, 0.15) is 59.7 Å². The molecule has 0 aliphatic rings. The molecule has 4 rings (SSSR count). The molecule has 1 heterocycles. The van der Waals surface area contributed by atoms with Crippen LogP contribution in [0.4, 0.5) is 0 Å². The molecule has 0 fully saturated rings. The lowest BCUT2D eigenvalue weighted by Gasteiger charge is -2.12. The summed E-state index contributed by atoms with van der Waals surface area (Å²) in [5, 5.41) is 1.18. The number of aryl methyl sites for hydroxylation is 3. The third kappa shape index (κ3) is 9.52. The van der Waals surface area contributed by atoms with Crippen LogP contribution in [0.5, 0.6) is 0 Å². The van der Waals surface area contributed by atoms with Gasteiger partial charge in [0.2, 0.25) is 0 Å². The molecule has 5 heteroatoms. The largest absolute Gasteiger partial charge is 0.380 e. The van der Waals surface area contributed by atoms with Crippen LogP contribution in [0, 0.1) is 6.92 Å². The Balaban J connectivity index is 0.000000850. The van der Waals surface area contributed by atoms with E-state index in [0.29, 0.717) is 5.92 Å². The molecule has 0 saturated carbocycles. The number of pyridine rings is 1. The van der Waals surface area contributed by atoms with Gasteiger partial charge in [0.15, 0.2) is 0 Å². The van der Waals surface area contributed by atoms with Crippen LogP contribution in [-0.2, 0) is 17.0 Å². The van der Waals surface area contributed by atoms with Gasteiger partial charge >= 0.3 is 0 Å². The topological polar surface area (TPSA) is 42.4 Å². The third-order valence-electron chi connectivity index (χ3n) is 5.86. The number of rotatable bonds is 7. The van der Waals surface area contributed by atoms with E-state index in [4.69, 9.17) is 9.88 Å². The molecule has 3 nitrogen and oxygen atoms in total. The molecule has 1 aromatic heterocycles. The number of fused-ring (bicyclic) bond motifs is 1. The van der Waals surface area contributed by atoms with Gasteiger partial charge in [-0.05, 0) is 101 Å². The maximum absolute atomic E-state index is 6.92. The maximum atomic E-state index is 6.92. The summed E-state index contributed by atoms with van der Waals surface area (Å²) in [6.45, 7) is 6.66. The SMILES string of the molecule is COS.Cc1ccc2ccc(/C=C/c3cccc(CCCc4ccccc4C(C)C)c3)nc2c1.OP. The van der Waals surface area contributed by atoms with Crippen LogP contribution in [-0.4, -0.2) is 17.0 Å². The standard InChI is InChI=1S/C30H31N.CH4OS.H3OP/c1-22(2)29-13-5-4-11-26(29)12-7-10-24-8-6-9-25(21-24)15-18-28-19-17-27-16-14-23(3)20-30(27)31-28;1-2-3;1-2/h4-6,8-9,11,13-22H,7,10,12H2,1-3H3;3H,1H3;1H,2H2/b18-15+;;. The molecule has 190 valence electrons. The summed E-state index contributed by atoms with van der Waals surface area (Å²) < 4.78 is 3.94. The van der Waals surface area contributed by atoms with Gasteiger partial charge in [0.05, 0.1) is 11.2 Å². The molecule has 1 unspecified atom stereocenters. The Morgan fingerprint density at radius 3 is 2.39 bits per heavy atom. The van der Waals surface area contributed by atoms with E-state index in [1.807, 2.05) is 0 Å². The normalized spacial score (nSPS) is 10.7. The van der Waals surface area contributed by atoms with E-state index in [2.05, 4.69) is 129 Å². The maximum Gasteiger partial charge on any atom is 0.0711 e. The predicted octanol–water partition coefficient (Wildman–Crippen LogP) is 8.26. The molecule has 0 spiro atoms. The molecular weight excluding hydrogens is 481 g/mol. The van der Waals surface area contributed by atoms with Crippen molar-refractivity contribution >= 4 is 45.4 Å². The van der Waals surface area contributed by atoms with E-state index < -0.39 is 0 Å². The van der Waals surface area contributed by atoms with Crippen molar-refractivity contribution in [3.8, 4) is 0 Å². The predicted molar refractivity (Wildman–Crippen MR) is 162 cm³/mol. The Kier molecular flexibility index (Phi) is 13.5. The number of nitrogens with zero attached hydrogens (tertiary/aromatic N) is 1. The number of hydrogen-bond acceptors (Lipinski definition) is 4. The van der Waals surface area contributed by atoms with Crippen molar-refractivity contribution in [1.29, 1.82) is 0 Å². The second-order valence-electron chi connectivity index (χ2n) is 8.90. The van der Waals surface area contributed by atoms with Crippen LogP contribution in [0.3, 0.4) is 0 Å². The first-order valence-electron chi connectivity index (χ1n) is 12.2. The fourth-order valence-electron chi connectivity index (χ4n) is 4.18. The zero-order chi connectivity index (χ0) is 26.3.